The standard InChI is InChI=1S/C15H21FN4/c1-3-6-18-14(12-5-7-17-11-13(12)16)10-15-19-8-9-20(15)4-2/h5,7-9,11,14,18H,3-4,6,10H2,1-2H3. The number of aryl methyl sites for hydroxylation is 1. The number of hydrogen-bond acceptors (Lipinski definition) is 3. The molecule has 1 atom stereocenters. The van der Waals surface area contributed by atoms with Gasteiger partial charge in [-0.15, -0.1) is 0 Å². The summed E-state index contributed by atoms with van der Waals surface area (Å²) in [5, 5.41) is 3.40. The van der Waals surface area contributed by atoms with Gasteiger partial charge >= 0.3 is 0 Å². The molecule has 2 heterocycles. The van der Waals surface area contributed by atoms with Gasteiger partial charge in [0.25, 0.3) is 0 Å². The van der Waals surface area contributed by atoms with Crippen LogP contribution in [-0.4, -0.2) is 21.1 Å². The van der Waals surface area contributed by atoms with Crippen LogP contribution in [0.4, 0.5) is 4.39 Å². The fourth-order valence-electron chi connectivity index (χ4n) is 2.28. The van der Waals surface area contributed by atoms with E-state index in [9.17, 15) is 4.39 Å². The Morgan fingerprint density at radius 1 is 1.35 bits per heavy atom. The summed E-state index contributed by atoms with van der Waals surface area (Å²) < 4.78 is 16.0. The molecule has 0 radical (unpaired) electrons. The van der Waals surface area contributed by atoms with Crippen LogP contribution in [0.15, 0.2) is 30.9 Å². The molecule has 2 aromatic rings. The fraction of sp³-hybridized carbons (Fsp3) is 0.467. The van der Waals surface area contributed by atoms with Gasteiger partial charge in [0.15, 0.2) is 0 Å². The summed E-state index contributed by atoms with van der Waals surface area (Å²) in [6, 6.07) is 1.66. The molecule has 5 heteroatoms. The molecule has 20 heavy (non-hydrogen) atoms. The second-order valence-electron chi connectivity index (χ2n) is 4.74. The van der Waals surface area contributed by atoms with Gasteiger partial charge in [-0.3, -0.25) is 4.98 Å². The Bertz CT molecular complexity index is 538. The van der Waals surface area contributed by atoms with Gasteiger partial charge in [-0.2, -0.15) is 0 Å². The highest BCUT2D eigenvalue weighted by molar-refractivity contribution is 5.19. The number of pyridine rings is 1. The van der Waals surface area contributed by atoms with E-state index in [2.05, 4.69) is 33.7 Å². The minimum atomic E-state index is -0.268. The summed E-state index contributed by atoms with van der Waals surface area (Å²) in [6.07, 6.45) is 8.31. The van der Waals surface area contributed by atoms with Crippen molar-refractivity contribution in [1.82, 2.24) is 19.9 Å². The molecule has 2 aromatic heterocycles. The first-order chi connectivity index (χ1) is 9.76. The van der Waals surface area contributed by atoms with E-state index in [0.29, 0.717) is 12.0 Å². The number of rotatable bonds is 7. The molecule has 1 unspecified atom stereocenters. The lowest BCUT2D eigenvalue weighted by atomic mass is 10.0. The highest BCUT2D eigenvalue weighted by atomic mass is 19.1. The summed E-state index contributed by atoms with van der Waals surface area (Å²) in [7, 11) is 0. The Labute approximate surface area is 119 Å². The van der Waals surface area contributed by atoms with Crippen LogP contribution in [0.1, 0.15) is 37.7 Å². The minimum Gasteiger partial charge on any atom is -0.335 e. The first-order valence-electron chi connectivity index (χ1n) is 7.09. The molecule has 108 valence electrons. The van der Waals surface area contributed by atoms with Crippen LogP contribution in [0.2, 0.25) is 0 Å². The molecule has 0 aromatic carbocycles. The van der Waals surface area contributed by atoms with Crippen molar-refractivity contribution in [1.29, 1.82) is 0 Å². The Hall–Kier alpha value is -1.75. The van der Waals surface area contributed by atoms with Gasteiger partial charge in [0.05, 0.1) is 6.20 Å². The highest BCUT2D eigenvalue weighted by Gasteiger charge is 2.17. The van der Waals surface area contributed by atoms with Crippen LogP contribution in [0.5, 0.6) is 0 Å². The van der Waals surface area contributed by atoms with E-state index in [0.717, 1.165) is 25.3 Å². The van der Waals surface area contributed by atoms with Crippen molar-refractivity contribution >= 4 is 0 Å². The van der Waals surface area contributed by atoms with Crippen LogP contribution in [0, 0.1) is 5.82 Å². The number of aromatic nitrogens is 3. The van der Waals surface area contributed by atoms with E-state index < -0.39 is 0 Å². The van der Waals surface area contributed by atoms with Crippen molar-refractivity contribution in [3.63, 3.8) is 0 Å². The average Bonchev–Trinajstić information content (AvgIpc) is 2.91. The van der Waals surface area contributed by atoms with Crippen molar-refractivity contribution in [3.05, 3.63) is 48.1 Å². The smallest absolute Gasteiger partial charge is 0.146 e. The van der Waals surface area contributed by atoms with Crippen LogP contribution in [0.25, 0.3) is 0 Å². The Morgan fingerprint density at radius 3 is 2.90 bits per heavy atom. The summed E-state index contributed by atoms with van der Waals surface area (Å²) in [5.41, 5.74) is 0.652. The maximum absolute atomic E-state index is 13.9. The number of nitrogens with zero attached hydrogens (tertiary/aromatic N) is 3. The zero-order chi connectivity index (χ0) is 14.4. The molecule has 0 saturated carbocycles. The minimum absolute atomic E-state index is 0.0781. The van der Waals surface area contributed by atoms with Gasteiger partial charge in [0.2, 0.25) is 0 Å². The second-order valence-corrected chi connectivity index (χ2v) is 4.74. The van der Waals surface area contributed by atoms with E-state index in [1.165, 1.54) is 6.20 Å². The molecule has 1 N–H and O–H groups in total. The molecule has 0 spiro atoms. The molecule has 0 aliphatic rings. The molecule has 0 amide bonds. The summed E-state index contributed by atoms with van der Waals surface area (Å²) in [4.78, 5) is 8.19. The van der Waals surface area contributed by atoms with E-state index in [1.54, 1.807) is 18.5 Å². The van der Waals surface area contributed by atoms with E-state index in [1.807, 2.05) is 6.20 Å². The molecule has 2 rings (SSSR count). The second kappa shape index (κ2) is 7.14. The van der Waals surface area contributed by atoms with Crippen LogP contribution < -0.4 is 5.32 Å². The molecule has 0 bridgehead atoms. The topological polar surface area (TPSA) is 42.7 Å². The van der Waals surface area contributed by atoms with Gasteiger partial charge in [-0.05, 0) is 26.0 Å². The fourth-order valence-corrected chi connectivity index (χ4v) is 2.28. The SMILES string of the molecule is CCCNC(Cc1nccn1CC)c1ccncc1F. The largest absolute Gasteiger partial charge is 0.335 e. The lowest BCUT2D eigenvalue weighted by Gasteiger charge is -2.19. The van der Waals surface area contributed by atoms with E-state index >= 15 is 0 Å². The molecular formula is C15H21FN4. The van der Waals surface area contributed by atoms with Crippen molar-refractivity contribution in [2.75, 3.05) is 6.54 Å². The summed E-state index contributed by atoms with van der Waals surface area (Å²) in [6.45, 7) is 5.89. The normalized spacial score (nSPS) is 12.6. The van der Waals surface area contributed by atoms with Gasteiger partial charge < -0.3 is 9.88 Å². The summed E-state index contributed by atoms with van der Waals surface area (Å²) >= 11 is 0. The third kappa shape index (κ3) is 3.42. The Balaban J connectivity index is 2.22. The van der Waals surface area contributed by atoms with Gasteiger partial charge in [0, 0.05) is 43.2 Å². The van der Waals surface area contributed by atoms with Crippen LogP contribution >= 0.6 is 0 Å². The lowest BCUT2D eigenvalue weighted by Crippen LogP contribution is -2.26. The molecule has 0 aliphatic heterocycles. The predicted octanol–water partition coefficient (Wildman–Crippen LogP) is 2.72. The summed E-state index contributed by atoms with van der Waals surface area (Å²) in [5.74, 6) is 0.702. The maximum atomic E-state index is 13.9. The van der Waals surface area contributed by atoms with Gasteiger partial charge in [-0.1, -0.05) is 6.92 Å². The van der Waals surface area contributed by atoms with Crippen molar-refractivity contribution in [2.24, 2.45) is 0 Å². The third-order valence-corrected chi connectivity index (χ3v) is 3.35. The zero-order valence-electron chi connectivity index (χ0n) is 12.0. The monoisotopic (exact) mass is 276 g/mol. The predicted molar refractivity (Wildman–Crippen MR) is 76.8 cm³/mol. The Morgan fingerprint density at radius 2 is 2.20 bits per heavy atom. The number of nitrogens with one attached hydrogen (secondary N) is 1. The first-order valence-corrected chi connectivity index (χ1v) is 7.09. The molecule has 0 aliphatic carbocycles. The van der Waals surface area contributed by atoms with Crippen molar-refractivity contribution in [3.8, 4) is 0 Å². The zero-order valence-corrected chi connectivity index (χ0v) is 12.0. The Kier molecular flexibility index (Phi) is 5.24. The van der Waals surface area contributed by atoms with Crippen molar-refractivity contribution in [2.45, 2.75) is 39.3 Å². The van der Waals surface area contributed by atoms with Gasteiger partial charge in [-0.25, -0.2) is 9.37 Å². The average molecular weight is 276 g/mol. The third-order valence-electron chi connectivity index (χ3n) is 3.35. The van der Waals surface area contributed by atoms with Crippen LogP contribution in [-0.2, 0) is 13.0 Å². The van der Waals surface area contributed by atoms with E-state index in [-0.39, 0.29) is 11.9 Å². The molecule has 0 fully saturated rings. The highest BCUT2D eigenvalue weighted by Crippen LogP contribution is 2.20. The van der Waals surface area contributed by atoms with Crippen molar-refractivity contribution < 1.29 is 4.39 Å². The molecule has 0 saturated heterocycles. The maximum Gasteiger partial charge on any atom is 0.146 e. The van der Waals surface area contributed by atoms with Gasteiger partial charge in [0.1, 0.15) is 11.6 Å². The molecule has 4 nitrogen and oxygen atoms in total. The quantitative estimate of drug-likeness (QED) is 0.845. The molecular weight excluding hydrogens is 255 g/mol. The first kappa shape index (κ1) is 14.7. The number of halogens is 1. The number of imidazole rings is 1. The van der Waals surface area contributed by atoms with Crippen LogP contribution in [0.3, 0.4) is 0 Å². The van der Waals surface area contributed by atoms with E-state index in [4.69, 9.17) is 0 Å². The lowest BCUT2D eigenvalue weighted by molar-refractivity contribution is 0.479. The number of hydrogen-bond donors (Lipinski definition) is 1.